The molecule has 2 atom stereocenters. The topological polar surface area (TPSA) is 26.0 Å². The fraction of sp³-hybridized carbons (Fsp3) is 0.538. The molecule has 1 aromatic rings. The second kappa shape index (κ2) is 3.09. The van der Waals surface area contributed by atoms with Gasteiger partial charge in [-0.25, -0.2) is 0 Å². The van der Waals surface area contributed by atoms with E-state index in [1.54, 1.807) is 0 Å². The lowest BCUT2D eigenvalue weighted by Crippen LogP contribution is -2.21. The first-order chi connectivity index (χ1) is 6.54. The summed E-state index contributed by atoms with van der Waals surface area (Å²) in [5, 5.41) is 0. The van der Waals surface area contributed by atoms with Crippen LogP contribution in [0, 0.1) is 5.92 Å². The van der Waals surface area contributed by atoms with Crippen molar-refractivity contribution in [3.05, 3.63) is 35.4 Å². The highest BCUT2D eigenvalue weighted by Crippen LogP contribution is 2.49. The molecule has 2 N–H and O–H groups in total. The van der Waals surface area contributed by atoms with Crippen molar-refractivity contribution in [1.29, 1.82) is 0 Å². The molecule has 1 saturated carbocycles. The molecule has 14 heavy (non-hydrogen) atoms. The molecule has 1 nitrogen and oxygen atoms in total. The van der Waals surface area contributed by atoms with E-state index in [1.807, 2.05) is 0 Å². The molecular formula is C13H19N. The second-order valence-corrected chi connectivity index (χ2v) is 4.92. The molecule has 0 heterocycles. The minimum absolute atomic E-state index is 0.0183. The maximum absolute atomic E-state index is 6.24. The van der Waals surface area contributed by atoms with Crippen molar-refractivity contribution in [3.63, 3.8) is 0 Å². The monoisotopic (exact) mass is 189 g/mol. The highest BCUT2D eigenvalue weighted by Gasteiger charge is 2.48. The molecule has 0 radical (unpaired) electrons. The van der Waals surface area contributed by atoms with Gasteiger partial charge in [0.1, 0.15) is 0 Å². The third-order valence-electron chi connectivity index (χ3n) is 3.48. The minimum atomic E-state index is -0.0183. The Hall–Kier alpha value is -0.820. The van der Waals surface area contributed by atoms with Crippen LogP contribution in [0.1, 0.15) is 44.2 Å². The molecule has 76 valence electrons. The molecule has 0 aliphatic heterocycles. The van der Waals surface area contributed by atoms with Gasteiger partial charge < -0.3 is 5.73 Å². The molecule has 2 rings (SSSR count). The van der Waals surface area contributed by atoms with Gasteiger partial charge in [0.2, 0.25) is 0 Å². The van der Waals surface area contributed by atoms with Crippen LogP contribution in [0.4, 0.5) is 0 Å². The maximum Gasteiger partial charge on any atom is 0.0439 e. The van der Waals surface area contributed by atoms with Crippen molar-refractivity contribution in [3.8, 4) is 0 Å². The molecule has 0 bridgehead atoms. The van der Waals surface area contributed by atoms with Crippen LogP contribution in [-0.2, 0) is 5.54 Å². The highest BCUT2D eigenvalue weighted by molar-refractivity contribution is 5.34. The Kier molecular flexibility index (Phi) is 2.15. The first-order valence-electron chi connectivity index (χ1n) is 5.43. The van der Waals surface area contributed by atoms with E-state index in [4.69, 9.17) is 5.73 Å². The first kappa shape index (κ1) is 9.72. The van der Waals surface area contributed by atoms with Crippen molar-refractivity contribution in [1.82, 2.24) is 0 Å². The number of rotatable bonds is 2. The molecule has 0 aromatic heterocycles. The molecule has 1 aliphatic carbocycles. The van der Waals surface area contributed by atoms with E-state index in [0.29, 0.717) is 11.8 Å². The lowest BCUT2D eigenvalue weighted by molar-refractivity contribution is 0.664. The Morgan fingerprint density at radius 1 is 1.29 bits per heavy atom. The van der Waals surface area contributed by atoms with Crippen LogP contribution in [0.5, 0.6) is 0 Å². The summed E-state index contributed by atoms with van der Waals surface area (Å²) >= 11 is 0. The SMILES string of the molecule is CC(C)c1ccc([C@]2(N)C[C@@H]2C)cc1. The normalized spacial score (nSPS) is 30.8. The molecule has 1 heteroatoms. The summed E-state index contributed by atoms with van der Waals surface area (Å²) in [5.41, 5.74) is 8.91. The number of benzene rings is 1. The average Bonchev–Trinajstić information content (AvgIpc) is 2.76. The Morgan fingerprint density at radius 3 is 2.14 bits per heavy atom. The van der Waals surface area contributed by atoms with Crippen molar-refractivity contribution in [2.75, 3.05) is 0 Å². The Labute approximate surface area is 86.3 Å². The number of hydrogen-bond donors (Lipinski definition) is 1. The molecule has 1 aliphatic rings. The Bertz CT molecular complexity index is 326. The van der Waals surface area contributed by atoms with Gasteiger partial charge in [-0.1, -0.05) is 45.0 Å². The van der Waals surface area contributed by atoms with Gasteiger partial charge in [-0.2, -0.15) is 0 Å². The maximum atomic E-state index is 6.24. The lowest BCUT2D eigenvalue weighted by Gasteiger charge is -2.12. The van der Waals surface area contributed by atoms with Crippen molar-refractivity contribution in [2.24, 2.45) is 11.7 Å². The van der Waals surface area contributed by atoms with Crippen molar-refractivity contribution < 1.29 is 0 Å². The summed E-state index contributed by atoms with van der Waals surface area (Å²) < 4.78 is 0. The highest BCUT2D eigenvalue weighted by atomic mass is 14.8. The van der Waals surface area contributed by atoms with Crippen LogP contribution < -0.4 is 5.73 Å². The largest absolute Gasteiger partial charge is 0.321 e. The molecule has 0 amide bonds. The van der Waals surface area contributed by atoms with Gasteiger partial charge >= 0.3 is 0 Å². The van der Waals surface area contributed by atoms with Gasteiger partial charge in [-0.3, -0.25) is 0 Å². The van der Waals surface area contributed by atoms with Gasteiger partial charge in [-0.05, 0) is 29.4 Å². The van der Waals surface area contributed by atoms with Crippen LogP contribution in [0.25, 0.3) is 0 Å². The summed E-state index contributed by atoms with van der Waals surface area (Å²) in [6, 6.07) is 8.80. The summed E-state index contributed by atoms with van der Waals surface area (Å²) in [7, 11) is 0. The molecule has 1 aromatic carbocycles. The quantitative estimate of drug-likeness (QED) is 0.760. The second-order valence-electron chi connectivity index (χ2n) is 4.92. The van der Waals surface area contributed by atoms with E-state index in [9.17, 15) is 0 Å². The molecule has 0 spiro atoms. The zero-order valence-electron chi connectivity index (χ0n) is 9.25. The fourth-order valence-electron chi connectivity index (χ4n) is 2.03. The van der Waals surface area contributed by atoms with E-state index in [2.05, 4.69) is 45.0 Å². The van der Waals surface area contributed by atoms with Crippen molar-refractivity contribution in [2.45, 2.75) is 38.6 Å². The zero-order valence-corrected chi connectivity index (χ0v) is 9.25. The summed E-state index contributed by atoms with van der Waals surface area (Å²) in [5.74, 6) is 1.25. The van der Waals surface area contributed by atoms with Gasteiger partial charge in [0.25, 0.3) is 0 Å². The number of hydrogen-bond acceptors (Lipinski definition) is 1. The third-order valence-corrected chi connectivity index (χ3v) is 3.48. The Morgan fingerprint density at radius 2 is 1.79 bits per heavy atom. The van der Waals surface area contributed by atoms with Gasteiger partial charge in [0, 0.05) is 5.54 Å². The predicted molar refractivity (Wildman–Crippen MR) is 60.2 cm³/mol. The van der Waals surface area contributed by atoms with E-state index in [0.717, 1.165) is 6.42 Å². The van der Waals surface area contributed by atoms with E-state index < -0.39 is 0 Å². The fourth-order valence-corrected chi connectivity index (χ4v) is 2.03. The Balaban J connectivity index is 2.23. The molecular weight excluding hydrogens is 170 g/mol. The van der Waals surface area contributed by atoms with Crippen LogP contribution in [0.15, 0.2) is 24.3 Å². The zero-order chi connectivity index (χ0) is 10.3. The molecule has 1 fully saturated rings. The summed E-state index contributed by atoms with van der Waals surface area (Å²) in [4.78, 5) is 0. The smallest absolute Gasteiger partial charge is 0.0439 e. The minimum Gasteiger partial charge on any atom is -0.321 e. The average molecular weight is 189 g/mol. The van der Waals surface area contributed by atoms with Gasteiger partial charge in [-0.15, -0.1) is 0 Å². The van der Waals surface area contributed by atoms with Gasteiger partial charge in [0.05, 0.1) is 0 Å². The van der Waals surface area contributed by atoms with Crippen LogP contribution in [0.3, 0.4) is 0 Å². The van der Waals surface area contributed by atoms with E-state index in [1.165, 1.54) is 11.1 Å². The molecule has 0 saturated heterocycles. The predicted octanol–water partition coefficient (Wildman–Crippen LogP) is 3.00. The van der Waals surface area contributed by atoms with Crippen molar-refractivity contribution >= 4 is 0 Å². The first-order valence-corrected chi connectivity index (χ1v) is 5.43. The van der Waals surface area contributed by atoms with Crippen LogP contribution >= 0.6 is 0 Å². The van der Waals surface area contributed by atoms with E-state index >= 15 is 0 Å². The lowest BCUT2D eigenvalue weighted by atomic mass is 9.97. The van der Waals surface area contributed by atoms with Crippen LogP contribution in [-0.4, -0.2) is 0 Å². The van der Waals surface area contributed by atoms with E-state index in [-0.39, 0.29) is 5.54 Å². The van der Waals surface area contributed by atoms with Gasteiger partial charge in [0.15, 0.2) is 0 Å². The number of nitrogens with two attached hydrogens (primary N) is 1. The standard InChI is InChI=1S/C13H19N/c1-9(2)11-4-6-12(7-5-11)13(14)8-10(13)3/h4-7,9-10H,8,14H2,1-3H3/t10-,13-/m0/s1. The molecule has 0 unspecified atom stereocenters. The summed E-state index contributed by atoms with van der Waals surface area (Å²) in [6.45, 7) is 6.65. The third kappa shape index (κ3) is 1.46. The van der Waals surface area contributed by atoms with Crippen LogP contribution in [0.2, 0.25) is 0 Å². The summed E-state index contributed by atoms with van der Waals surface area (Å²) in [6.07, 6.45) is 1.13.